The van der Waals surface area contributed by atoms with Crippen LogP contribution in [0.2, 0.25) is 0 Å². The van der Waals surface area contributed by atoms with Gasteiger partial charge in [-0.05, 0) is 45.5 Å². The SMILES string of the molecule is Cc1cc(C(=O)NCc2ccccc2F)nc([C@H]2CCCN2C)n1. The zero-order valence-corrected chi connectivity index (χ0v) is 13.9. The smallest absolute Gasteiger partial charge is 0.270 e. The highest BCUT2D eigenvalue weighted by Crippen LogP contribution is 2.28. The molecule has 1 amide bonds. The van der Waals surface area contributed by atoms with Crippen LogP contribution in [0.4, 0.5) is 4.39 Å². The summed E-state index contributed by atoms with van der Waals surface area (Å²) in [6.07, 6.45) is 2.10. The Kier molecular flexibility index (Phi) is 4.85. The van der Waals surface area contributed by atoms with Crippen LogP contribution in [0.25, 0.3) is 0 Å². The molecule has 0 saturated carbocycles. The molecule has 1 saturated heterocycles. The van der Waals surface area contributed by atoms with Gasteiger partial charge in [-0.3, -0.25) is 9.69 Å². The molecular weight excluding hydrogens is 307 g/mol. The van der Waals surface area contributed by atoms with Gasteiger partial charge < -0.3 is 5.32 Å². The van der Waals surface area contributed by atoms with E-state index in [1.54, 1.807) is 24.3 Å². The van der Waals surface area contributed by atoms with E-state index >= 15 is 0 Å². The minimum atomic E-state index is -0.329. The van der Waals surface area contributed by atoms with Crippen molar-refractivity contribution in [3.05, 3.63) is 58.9 Å². The number of hydrogen-bond donors (Lipinski definition) is 1. The Morgan fingerprint density at radius 1 is 1.38 bits per heavy atom. The normalized spacial score (nSPS) is 17.9. The van der Waals surface area contributed by atoms with Crippen LogP contribution < -0.4 is 5.32 Å². The number of aryl methyl sites for hydroxylation is 1. The van der Waals surface area contributed by atoms with Crippen molar-refractivity contribution in [1.29, 1.82) is 0 Å². The molecule has 1 aromatic heterocycles. The molecule has 0 bridgehead atoms. The number of nitrogens with one attached hydrogen (secondary N) is 1. The lowest BCUT2D eigenvalue weighted by Crippen LogP contribution is -2.26. The van der Waals surface area contributed by atoms with Gasteiger partial charge in [0.15, 0.2) is 0 Å². The van der Waals surface area contributed by atoms with Gasteiger partial charge >= 0.3 is 0 Å². The topological polar surface area (TPSA) is 58.1 Å². The van der Waals surface area contributed by atoms with Gasteiger partial charge in [0.1, 0.15) is 17.3 Å². The zero-order valence-electron chi connectivity index (χ0n) is 13.9. The Balaban J connectivity index is 1.75. The third kappa shape index (κ3) is 3.59. The van der Waals surface area contributed by atoms with Crippen LogP contribution in [0.5, 0.6) is 0 Å². The molecule has 1 N–H and O–H groups in total. The molecule has 1 atom stereocenters. The van der Waals surface area contributed by atoms with Crippen molar-refractivity contribution in [2.24, 2.45) is 0 Å². The van der Waals surface area contributed by atoms with E-state index in [1.165, 1.54) is 6.07 Å². The van der Waals surface area contributed by atoms with Gasteiger partial charge in [0, 0.05) is 17.8 Å². The Morgan fingerprint density at radius 2 is 2.17 bits per heavy atom. The second-order valence-corrected chi connectivity index (χ2v) is 6.17. The van der Waals surface area contributed by atoms with Gasteiger partial charge in [-0.1, -0.05) is 18.2 Å². The number of nitrogens with zero attached hydrogens (tertiary/aromatic N) is 3. The number of rotatable bonds is 4. The summed E-state index contributed by atoms with van der Waals surface area (Å²) < 4.78 is 13.6. The molecule has 0 unspecified atom stereocenters. The molecule has 0 radical (unpaired) electrons. The van der Waals surface area contributed by atoms with Gasteiger partial charge in [-0.2, -0.15) is 0 Å². The third-order valence-corrected chi connectivity index (χ3v) is 4.32. The molecule has 3 rings (SSSR count). The number of amides is 1. The van der Waals surface area contributed by atoms with E-state index in [9.17, 15) is 9.18 Å². The maximum atomic E-state index is 13.6. The Bertz CT molecular complexity index is 750. The van der Waals surface area contributed by atoms with Crippen molar-refractivity contribution in [2.45, 2.75) is 32.4 Å². The maximum absolute atomic E-state index is 13.6. The number of benzene rings is 1. The summed E-state index contributed by atoms with van der Waals surface area (Å²) in [5, 5.41) is 2.73. The lowest BCUT2D eigenvalue weighted by Gasteiger charge is -2.18. The van der Waals surface area contributed by atoms with E-state index in [-0.39, 0.29) is 24.3 Å². The molecule has 2 heterocycles. The zero-order chi connectivity index (χ0) is 17.1. The molecule has 5 nitrogen and oxygen atoms in total. The first-order valence-electron chi connectivity index (χ1n) is 8.12. The van der Waals surface area contributed by atoms with Crippen LogP contribution in [-0.4, -0.2) is 34.4 Å². The lowest BCUT2D eigenvalue weighted by atomic mass is 10.2. The number of hydrogen-bond acceptors (Lipinski definition) is 4. The number of aromatic nitrogens is 2. The second kappa shape index (κ2) is 7.05. The van der Waals surface area contributed by atoms with Gasteiger partial charge in [-0.15, -0.1) is 0 Å². The summed E-state index contributed by atoms with van der Waals surface area (Å²) in [4.78, 5) is 23.5. The monoisotopic (exact) mass is 328 g/mol. The molecule has 1 aliphatic rings. The summed E-state index contributed by atoms with van der Waals surface area (Å²) in [7, 11) is 2.04. The first kappa shape index (κ1) is 16.5. The van der Waals surface area contributed by atoms with Gasteiger partial charge in [0.2, 0.25) is 0 Å². The van der Waals surface area contributed by atoms with Crippen LogP contribution in [-0.2, 0) is 6.54 Å². The third-order valence-electron chi connectivity index (χ3n) is 4.32. The first-order valence-corrected chi connectivity index (χ1v) is 8.12. The summed E-state index contributed by atoms with van der Waals surface area (Å²) in [5.41, 5.74) is 1.54. The molecule has 24 heavy (non-hydrogen) atoms. The van der Waals surface area contributed by atoms with E-state index in [4.69, 9.17) is 0 Å². The van der Waals surface area contributed by atoms with Crippen molar-refractivity contribution in [3.8, 4) is 0 Å². The highest BCUT2D eigenvalue weighted by molar-refractivity contribution is 5.92. The van der Waals surface area contributed by atoms with E-state index in [0.29, 0.717) is 17.1 Å². The van der Waals surface area contributed by atoms with Gasteiger partial charge in [0.05, 0.1) is 6.04 Å². The summed E-state index contributed by atoms with van der Waals surface area (Å²) >= 11 is 0. The number of halogens is 1. The quantitative estimate of drug-likeness (QED) is 0.937. The average Bonchev–Trinajstić information content (AvgIpc) is 2.99. The fourth-order valence-electron chi connectivity index (χ4n) is 3.00. The molecular formula is C18H21FN4O. The molecule has 126 valence electrons. The van der Waals surface area contributed by atoms with Crippen LogP contribution in [0.3, 0.4) is 0 Å². The highest BCUT2D eigenvalue weighted by atomic mass is 19.1. The highest BCUT2D eigenvalue weighted by Gasteiger charge is 2.26. The fourth-order valence-corrected chi connectivity index (χ4v) is 3.00. The van der Waals surface area contributed by atoms with Crippen molar-refractivity contribution < 1.29 is 9.18 Å². The van der Waals surface area contributed by atoms with E-state index in [0.717, 1.165) is 25.1 Å². The molecule has 0 aliphatic carbocycles. The first-order chi connectivity index (χ1) is 11.5. The number of carbonyl (C=O) groups excluding carboxylic acids is 1. The van der Waals surface area contributed by atoms with Crippen molar-refractivity contribution in [1.82, 2.24) is 20.2 Å². The van der Waals surface area contributed by atoms with Gasteiger partial charge in [0.25, 0.3) is 5.91 Å². The van der Waals surface area contributed by atoms with Crippen LogP contribution in [0.1, 0.15) is 46.5 Å². The average molecular weight is 328 g/mol. The fraction of sp³-hybridized carbons (Fsp3) is 0.389. The standard InChI is InChI=1S/C18H21FN4O/c1-12-10-15(22-17(21-12)16-8-5-9-23(16)2)18(24)20-11-13-6-3-4-7-14(13)19/h3-4,6-7,10,16H,5,8-9,11H2,1-2H3,(H,20,24)/t16-/m1/s1. The number of carbonyl (C=O) groups is 1. The van der Waals surface area contributed by atoms with E-state index in [2.05, 4.69) is 20.2 Å². The van der Waals surface area contributed by atoms with Crippen molar-refractivity contribution in [3.63, 3.8) is 0 Å². The summed E-state index contributed by atoms with van der Waals surface area (Å²) in [6.45, 7) is 3.00. The van der Waals surface area contributed by atoms with Crippen LogP contribution in [0, 0.1) is 12.7 Å². The molecule has 1 aliphatic heterocycles. The van der Waals surface area contributed by atoms with Crippen LogP contribution >= 0.6 is 0 Å². The predicted molar refractivity (Wildman–Crippen MR) is 88.9 cm³/mol. The Labute approximate surface area is 140 Å². The van der Waals surface area contributed by atoms with Crippen molar-refractivity contribution >= 4 is 5.91 Å². The second-order valence-electron chi connectivity index (χ2n) is 6.17. The van der Waals surface area contributed by atoms with Crippen molar-refractivity contribution in [2.75, 3.05) is 13.6 Å². The summed E-state index contributed by atoms with van der Waals surface area (Å²) in [6, 6.07) is 8.22. The van der Waals surface area contributed by atoms with E-state index in [1.807, 2.05) is 14.0 Å². The number of likely N-dealkylation sites (tertiary alicyclic amines) is 1. The molecule has 1 aromatic carbocycles. The van der Waals surface area contributed by atoms with Crippen LogP contribution in [0.15, 0.2) is 30.3 Å². The largest absolute Gasteiger partial charge is 0.347 e. The Hall–Kier alpha value is -2.34. The molecule has 6 heteroatoms. The summed E-state index contributed by atoms with van der Waals surface area (Å²) in [5.74, 6) is 0.0432. The predicted octanol–water partition coefficient (Wildman–Crippen LogP) is 2.62. The van der Waals surface area contributed by atoms with Gasteiger partial charge in [-0.25, -0.2) is 14.4 Å². The Morgan fingerprint density at radius 3 is 2.88 bits per heavy atom. The van der Waals surface area contributed by atoms with E-state index < -0.39 is 0 Å². The minimum Gasteiger partial charge on any atom is -0.347 e. The molecule has 1 fully saturated rings. The minimum absolute atomic E-state index is 0.132. The molecule has 0 spiro atoms. The lowest BCUT2D eigenvalue weighted by molar-refractivity contribution is 0.0944. The maximum Gasteiger partial charge on any atom is 0.270 e. The molecule has 2 aromatic rings.